The van der Waals surface area contributed by atoms with E-state index < -0.39 is 0 Å². The SMILES string of the molecule is CCc1c(-c2c(C)cc(C)cc2C)nc[nH]c1=O. The highest BCUT2D eigenvalue weighted by atomic mass is 16.1. The molecule has 2 rings (SSSR count). The molecular weight excluding hydrogens is 224 g/mol. The van der Waals surface area contributed by atoms with Crippen LogP contribution in [-0.4, -0.2) is 9.97 Å². The van der Waals surface area contributed by atoms with Crippen molar-refractivity contribution in [2.45, 2.75) is 34.1 Å². The van der Waals surface area contributed by atoms with Gasteiger partial charge < -0.3 is 4.98 Å². The number of hydrogen-bond acceptors (Lipinski definition) is 2. The first kappa shape index (κ1) is 12.6. The highest BCUT2D eigenvalue weighted by Crippen LogP contribution is 2.28. The van der Waals surface area contributed by atoms with E-state index in [2.05, 4.69) is 42.9 Å². The zero-order valence-electron chi connectivity index (χ0n) is 11.3. The van der Waals surface area contributed by atoms with Crippen LogP contribution in [0, 0.1) is 20.8 Å². The van der Waals surface area contributed by atoms with Crippen molar-refractivity contribution in [2.24, 2.45) is 0 Å². The topological polar surface area (TPSA) is 45.8 Å². The third-order valence-electron chi connectivity index (χ3n) is 3.22. The number of H-pyrrole nitrogens is 1. The van der Waals surface area contributed by atoms with Gasteiger partial charge in [-0.2, -0.15) is 0 Å². The number of rotatable bonds is 2. The van der Waals surface area contributed by atoms with Gasteiger partial charge in [0.25, 0.3) is 5.56 Å². The van der Waals surface area contributed by atoms with Gasteiger partial charge in [0.2, 0.25) is 0 Å². The molecule has 0 aliphatic heterocycles. The monoisotopic (exact) mass is 242 g/mol. The summed E-state index contributed by atoms with van der Waals surface area (Å²) in [4.78, 5) is 18.9. The van der Waals surface area contributed by atoms with Gasteiger partial charge in [0.1, 0.15) is 0 Å². The zero-order chi connectivity index (χ0) is 13.3. The first-order valence-electron chi connectivity index (χ1n) is 6.19. The predicted octanol–water partition coefficient (Wildman–Crippen LogP) is 2.92. The Bertz CT molecular complexity index is 618. The van der Waals surface area contributed by atoms with E-state index in [0.29, 0.717) is 6.42 Å². The van der Waals surface area contributed by atoms with Crippen LogP contribution in [0.15, 0.2) is 23.3 Å². The Labute approximate surface area is 107 Å². The van der Waals surface area contributed by atoms with Gasteiger partial charge in [-0.15, -0.1) is 0 Å². The molecule has 18 heavy (non-hydrogen) atoms. The predicted molar refractivity (Wildman–Crippen MR) is 73.9 cm³/mol. The molecule has 0 radical (unpaired) electrons. The molecule has 1 heterocycles. The molecule has 3 nitrogen and oxygen atoms in total. The van der Waals surface area contributed by atoms with Gasteiger partial charge in [-0.05, 0) is 38.3 Å². The standard InChI is InChI=1S/C15H18N2O/c1-5-12-14(16-8-17-15(12)18)13-10(3)6-9(2)7-11(13)4/h6-8H,5H2,1-4H3,(H,16,17,18). The quantitative estimate of drug-likeness (QED) is 0.880. The molecule has 0 aliphatic carbocycles. The fourth-order valence-corrected chi connectivity index (χ4v) is 2.53. The Morgan fingerprint density at radius 2 is 1.78 bits per heavy atom. The van der Waals surface area contributed by atoms with Crippen molar-refractivity contribution in [3.05, 3.63) is 51.1 Å². The molecule has 0 spiro atoms. The molecular formula is C15H18N2O. The lowest BCUT2D eigenvalue weighted by molar-refractivity contribution is 1.01. The van der Waals surface area contributed by atoms with Gasteiger partial charge in [-0.25, -0.2) is 4.98 Å². The molecule has 0 aliphatic rings. The van der Waals surface area contributed by atoms with E-state index in [4.69, 9.17) is 0 Å². The average molecular weight is 242 g/mol. The Balaban J connectivity index is 2.78. The lowest BCUT2D eigenvalue weighted by Gasteiger charge is -2.13. The summed E-state index contributed by atoms with van der Waals surface area (Å²) in [6.45, 7) is 8.19. The van der Waals surface area contributed by atoms with Crippen LogP contribution in [0.4, 0.5) is 0 Å². The van der Waals surface area contributed by atoms with Crippen molar-refractivity contribution in [3.63, 3.8) is 0 Å². The van der Waals surface area contributed by atoms with Gasteiger partial charge in [-0.3, -0.25) is 4.79 Å². The van der Waals surface area contributed by atoms with E-state index in [-0.39, 0.29) is 5.56 Å². The van der Waals surface area contributed by atoms with Crippen LogP contribution in [0.2, 0.25) is 0 Å². The third kappa shape index (κ3) is 2.08. The van der Waals surface area contributed by atoms with Crippen molar-refractivity contribution < 1.29 is 0 Å². The summed E-state index contributed by atoms with van der Waals surface area (Å²) in [7, 11) is 0. The van der Waals surface area contributed by atoms with E-state index >= 15 is 0 Å². The molecule has 1 aromatic carbocycles. The van der Waals surface area contributed by atoms with E-state index in [1.807, 2.05) is 6.92 Å². The normalized spacial score (nSPS) is 10.7. The maximum atomic E-state index is 11.8. The average Bonchev–Trinajstić information content (AvgIpc) is 2.27. The number of hydrogen-bond donors (Lipinski definition) is 1. The fourth-order valence-electron chi connectivity index (χ4n) is 2.53. The summed E-state index contributed by atoms with van der Waals surface area (Å²) in [5.41, 5.74) is 6.19. The van der Waals surface area contributed by atoms with E-state index in [9.17, 15) is 4.79 Å². The Hall–Kier alpha value is -1.90. The van der Waals surface area contributed by atoms with Crippen LogP contribution in [0.3, 0.4) is 0 Å². The number of nitrogens with one attached hydrogen (secondary N) is 1. The number of nitrogens with zero attached hydrogens (tertiary/aromatic N) is 1. The van der Waals surface area contributed by atoms with E-state index in [0.717, 1.165) is 16.8 Å². The van der Waals surface area contributed by atoms with Crippen molar-refractivity contribution in [1.29, 1.82) is 0 Å². The summed E-state index contributed by atoms with van der Waals surface area (Å²) in [5.74, 6) is 0. The molecule has 2 aromatic rings. The molecule has 0 saturated carbocycles. The van der Waals surface area contributed by atoms with E-state index in [1.54, 1.807) is 0 Å². The summed E-state index contributed by atoms with van der Waals surface area (Å²) in [6.07, 6.45) is 2.17. The Kier molecular flexibility index (Phi) is 3.32. The maximum Gasteiger partial charge on any atom is 0.254 e. The molecule has 0 saturated heterocycles. The highest BCUT2D eigenvalue weighted by molar-refractivity contribution is 5.70. The second-order valence-electron chi connectivity index (χ2n) is 4.69. The molecule has 0 bridgehead atoms. The van der Waals surface area contributed by atoms with Gasteiger partial charge >= 0.3 is 0 Å². The van der Waals surface area contributed by atoms with Crippen molar-refractivity contribution in [2.75, 3.05) is 0 Å². The summed E-state index contributed by atoms with van der Waals surface area (Å²) >= 11 is 0. The smallest absolute Gasteiger partial charge is 0.254 e. The molecule has 3 heteroatoms. The lowest BCUT2D eigenvalue weighted by Crippen LogP contribution is -2.14. The van der Waals surface area contributed by atoms with Gasteiger partial charge in [0.15, 0.2) is 0 Å². The van der Waals surface area contributed by atoms with Crippen LogP contribution in [0.1, 0.15) is 29.2 Å². The minimum atomic E-state index is -0.0399. The van der Waals surface area contributed by atoms with Crippen LogP contribution >= 0.6 is 0 Å². The second-order valence-corrected chi connectivity index (χ2v) is 4.69. The van der Waals surface area contributed by atoms with Gasteiger partial charge in [0.05, 0.1) is 12.0 Å². The van der Waals surface area contributed by atoms with Gasteiger partial charge in [-0.1, -0.05) is 24.6 Å². The molecule has 1 N–H and O–H groups in total. The van der Waals surface area contributed by atoms with Crippen LogP contribution in [0.5, 0.6) is 0 Å². The lowest BCUT2D eigenvalue weighted by atomic mass is 9.94. The highest BCUT2D eigenvalue weighted by Gasteiger charge is 2.13. The first-order valence-corrected chi connectivity index (χ1v) is 6.19. The molecule has 94 valence electrons. The maximum absolute atomic E-state index is 11.8. The number of aromatic nitrogens is 2. The Morgan fingerprint density at radius 1 is 1.17 bits per heavy atom. The minimum absolute atomic E-state index is 0.0399. The Morgan fingerprint density at radius 3 is 2.33 bits per heavy atom. The number of benzene rings is 1. The summed E-state index contributed by atoms with van der Waals surface area (Å²) < 4.78 is 0. The molecule has 1 aromatic heterocycles. The van der Waals surface area contributed by atoms with Crippen LogP contribution in [-0.2, 0) is 6.42 Å². The second kappa shape index (κ2) is 4.77. The largest absolute Gasteiger partial charge is 0.313 e. The first-order chi connectivity index (χ1) is 8.54. The fraction of sp³-hybridized carbons (Fsp3) is 0.333. The molecule has 0 fully saturated rings. The van der Waals surface area contributed by atoms with Crippen molar-refractivity contribution >= 4 is 0 Å². The van der Waals surface area contributed by atoms with Crippen LogP contribution < -0.4 is 5.56 Å². The van der Waals surface area contributed by atoms with Gasteiger partial charge in [0, 0.05) is 11.1 Å². The number of aryl methyl sites for hydroxylation is 3. The van der Waals surface area contributed by atoms with Crippen molar-refractivity contribution in [3.8, 4) is 11.3 Å². The van der Waals surface area contributed by atoms with Crippen molar-refractivity contribution in [1.82, 2.24) is 9.97 Å². The van der Waals surface area contributed by atoms with E-state index in [1.165, 1.54) is 23.0 Å². The molecule has 0 unspecified atom stereocenters. The minimum Gasteiger partial charge on any atom is -0.313 e. The number of aromatic amines is 1. The third-order valence-corrected chi connectivity index (χ3v) is 3.22. The zero-order valence-corrected chi connectivity index (χ0v) is 11.3. The summed E-state index contributed by atoms with van der Waals surface area (Å²) in [5, 5.41) is 0. The van der Waals surface area contributed by atoms with Crippen LogP contribution in [0.25, 0.3) is 11.3 Å². The summed E-state index contributed by atoms with van der Waals surface area (Å²) in [6, 6.07) is 4.26. The molecule has 0 amide bonds. The molecule has 0 atom stereocenters.